The van der Waals surface area contributed by atoms with Crippen LogP contribution in [0, 0.1) is 0 Å². The van der Waals surface area contributed by atoms with E-state index in [-0.39, 0.29) is 5.91 Å². The third-order valence-electron chi connectivity index (χ3n) is 3.90. The van der Waals surface area contributed by atoms with Crippen LogP contribution in [-0.4, -0.2) is 21.9 Å². The summed E-state index contributed by atoms with van der Waals surface area (Å²) in [7, 11) is 0. The topological polar surface area (TPSA) is 25.2 Å². The molecule has 0 spiro atoms. The molecule has 0 fully saturated rings. The number of hydrogen-bond donors (Lipinski definition) is 0. The second-order valence-corrected chi connectivity index (χ2v) is 5.44. The van der Waals surface area contributed by atoms with Crippen molar-refractivity contribution in [1.29, 1.82) is 0 Å². The average Bonchev–Trinajstić information content (AvgIpc) is 3.15. The lowest BCUT2D eigenvalue weighted by Crippen LogP contribution is -2.30. The second kappa shape index (κ2) is 6.97. The minimum absolute atomic E-state index is 0.0652. The van der Waals surface area contributed by atoms with Crippen molar-refractivity contribution in [3.05, 3.63) is 90.3 Å². The van der Waals surface area contributed by atoms with Crippen LogP contribution in [0.4, 0.5) is 0 Å². The lowest BCUT2D eigenvalue weighted by molar-refractivity contribution is 0.0752. The molecule has 3 rings (SSSR count). The Kier molecular flexibility index (Phi) is 4.57. The van der Waals surface area contributed by atoms with Gasteiger partial charge in [0, 0.05) is 36.7 Å². The molecule has 1 amide bonds. The van der Waals surface area contributed by atoms with Crippen molar-refractivity contribution in [1.82, 2.24) is 9.47 Å². The minimum Gasteiger partial charge on any atom is -0.335 e. The molecule has 0 aliphatic heterocycles. The third-order valence-corrected chi connectivity index (χ3v) is 3.90. The Morgan fingerprint density at radius 1 is 0.913 bits per heavy atom. The average molecular weight is 304 g/mol. The molecule has 0 aliphatic rings. The van der Waals surface area contributed by atoms with Crippen molar-refractivity contribution in [2.24, 2.45) is 0 Å². The van der Waals surface area contributed by atoms with E-state index in [1.165, 1.54) is 0 Å². The molecule has 0 atom stereocenters. The molecule has 116 valence electrons. The van der Waals surface area contributed by atoms with Gasteiger partial charge in [0.05, 0.1) is 0 Å². The standard InChI is InChI=1S/C20H20N2O/c1-2-21(16-17-8-4-3-5-9-17)20(23)18-10-12-19(13-11-18)22-14-6-7-15-22/h3-15H,2,16H2,1H3. The fraction of sp³-hybridized carbons (Fsp3) is 0.150. The fourth-order valence-electron chi connectivity index (χ4n) is 2.60. The predicted octanol–water partition coefficient (Wildman–Crippen LogP) is 4.14. The van der Waals surface area contributed by atoms with Crippen LogP contribution < -0.4 is 0 Å². The van der Waals surface area contributed by atoms with Crippen LogP contribution in [0.25, 0.3) is 5.69 Å². The molecule has 0 unspecified atom stereocenters. The molecule has 0 radical (unpaired) electrons. The summed E-state index contributed by atoms with van der Waals surface area (Å²) < 4.78 is 2.02. The van der Waals surface area contributed by atoms with Crippen molar-refractivity contribution in [3.63, 3.8) is 0 Å². The van der Waals surface area contributed by atoms with Gasteiger partial charge in [-0.2, -0.15) is 0 Å². The maximum absolute atomic E-state index is 12.7. The zero-order valence-electron chi connectivity index (χ0n) is 13.2. The first-order valence-corrected chi connectivity index (χ1v) is 7.84. The summed E-state index contributed by atoms with van der Waals surface area (Å²) >= 11 is 0. The van der Waals surface area contributed by atoms with Gasteiger partial charge >= 0.3 is 0 Å². The van der Waals surface area contributed by atoms with E-state index in [2.05, 4.69) is 0 Å². The molecule has 1 heterocycles. The molecule has 0 bridgehead atoms. The molecular weight excluding hydrogens is 284 g/mol. The van der Waals surface area contributed by atoms with Gasteiger partial charge in [0.15, 0.2) is 0 Å². The Bertz CT molecular complexity index is 746. The Morgan fingerprint density at radius 2 is 1.57 bits per heavy atom. The summed E-state index contributed by atoms with van der Waals surface area (Å²) in [5.41, 5.74) is 2.92. The summed E-state index contributed by atoms with van der Waals surface area (Å²) in [5, 5.41) is 0. The van der Waals surface area contributed by atoms with Gasteiger partial charge in [0.25, 0.3) is 5.91 Å². The van der Waals surface area contributed by atoms with Gasteiger partial charge in [0.2, 0.25) is 0 Å². The first-order chi connectivity index (χ1) is 11.3. The van der Waals surface area contributed by atoms with E-state index < -0.39 is 0 Å². The number of rotatable bonds is 5. The third kappa shape index (κ3) is 3.51. The maximum atomic E-state index is 12.7. The van der Waals surface area contributed by atoms with Crippen molar-refractivity contribution >= 4 is 5.91 Å². The monoisotopic (exact) mass is 304 g/mol. The van der Waals surface area contributed by atoms with E-state index in [0.29, 0.717) is 13.1 Å². The molecule has 0 saturated heterocycles. The van der Waals surface area contributed by atoms with Crippen LogP contribution in [0.3, 0.4) is 0 Å². The van der Waals surface area contributed by atoms with Crippen LogP contribution in [-0.2, 0) is 6.54 Å². The van der Waals surface area contributed by atoms with Gasteiger partial charge in [-0.25, -0.2) is 0 Å². The maximum Gasteiger partial charge on any atom is 0.254 e. The molecule has 1 aromatic heterocycles. The molecule has 3 nitrogen and oxygen atoms in total. The van der Waals surface area contributed by atoms with Gasteiger partial charge in [-0.05, 0) is 48.9 Å². The highest BCUT2D eigenvalue weighted by molar-refractivity contribution is 5.94. The SMILES string of the molecule is CCN(Cc1ccccc1)C(=O)c1ccc(-n2cccc2)cc1. The van der Waals surface area contributed by atoms with E-state index in [0.717, 1.165) is 16.8 Å². The van der Waals surface area contributed by atoms with Gasteiger partial charge in [-0.15, -0.1) is 0 Å². The minimum atomic E-state index is 0.0652. The summed E-state index contributed by atoms with van der Waals surface area (Å²) in [6, 6.07) is 21.8. The van der Waals surface area contributed by atoms with Crippen molar-refractivity contribution < 1.29 is 4.79 Å². The summed E-state index contributed by atoms with van der Waals surface area (Å²) in [6.07, 6.45) is 3.98. The lowest BCUT2D eigenvalue weighted by Gasteiger charge is -2.21. The van der Waals surface area contributed by atoms with Gasteiger partial charge in [-0.3, -0.25) is 4.79 Å². The molecule has 23 heavy (non-hydrogen) atoms. The van der Waals surface area contributed by atoms with Crippen LogP contribution in [0.15, 0.2) is 79.1 Å². The van der Waals surface area contributed by atoms with Crippen molar-refractivity contribution in [2.45, 2.75) is 13.5 Å². The van der Waals surface area contributed by atoms with Crippen LogP contribution in [0.5, 0.6) is 0 Å². The molecule has 0 saturated carbocycles. The Labute approximate surface area is 136 Å². The number of carbonyl (C=O) groups excluding carboxylic acids is 1. The molecule has 3 aromatic rings. The number of carbonyl (C=O) groups is 1. The molecular formula is C20H20N2O. The van der Waals surface area contributed by atoms with E-state index in [1.807, 2.05) is 95.5 Å². The summed E-state index contributed by atoms with van der Waals surface area (Å²) in [4.78, 5) is 14.6. The smallest absolute Gasteiger partial charge is 0.254 e. The second-order valence-electron chi connectivity index (χ2n) is 5.44. The predicted molar refractivity (Wildman–Crippen MR) is 92.6 cm³/mol. The van der Waals surface area contributed by atoms with Crippen LogP contribution >= 0.6 is 0 Å². The first kappa shape index (κ1) is 15.1. The number of benzene rings is 2. The molecule has 0 aliphatic carbocycles. The summed E-state index contributed by atoms with van der Waals surface area (Å²) in [6.45, 7) is 3.33. The van der Waals surface area contributed by atoms with Crippen LogP contribution in [0.2, 0.25) is 0 Å². The number of nitrogens with zero attached hydrogens (tertiary/aromatic N) is 2. The Morgan fingerprint density at radius 3 is 2.17 bits per heavy atom. The first-order valence-electron chi connectivity index (χ1n) is 7.84. The molecule has 2 aromatic carbocycles. The van der Waals surface area contributed by atoms with Gasteiger partial charge < -0.3 is 9.47 Å². The Balaban J connectivity index is 1.75. The normalized spacial score (nSPS) is 10.5. The highest BCUT2D eigenvalue weighted by Gasteiger charge is 2.14. The fourth-order valence-corrected chi connectivity index (χ4v) is 2.60. The van der Waals surface area contributed by atoms with E-state index >= 15 is 0 Å². The van der Waals surface area contributed by atoms with E-state index in [9.17, 15) is 4.79 Å². The zero-order valence-corrected chi connectivity index (χ0v) is 13.2. The quantitative estimate of drug-likeness (QED) is 0.695. The highest BCUT2D eigenvalue weighted by Crippen LogP contribution is 2.13. The molecule has 3 heteroatoms. The van der Waals surface area contributed by atoms with E-state index in [4.69, 9.17) is 0 Å². The largest absolute Gasteiger partial charge is 0.335 e. The van der Waals surface area contributed by atoms with Crippen molar-refractivity contribution in [2.75, 3.05) is 6.54 Å². The van der Waals surface area contributed by atoms with Gasteiger partial charge in [0.1, 0.15) is 0 Å². The number of hydrogen-bond acceptors (Lipinski definition) is 1. The number of amides is 1. The Hall–Kier alpha value is -2.81. The number of aromatic nitrogens is 1. The van der Waals surface area contributed by atoms with E-state index in [1.54, 1.807) is 0 Å². The van der Waals surface area contributed by atoms with Crippen molar-refractivity contribution in [3.8, 4) is 5.69 Å². The highest BCUT2D eigenvalue weighted by atomic mass is 16.2. The van der Waals surface area contributed by atoms with Crippen LogP contribution in [0.1, 0.15) is 22.8 Å². The lowest BCUT2D eigenvalue weighted by atomic mass is 10.1. The van der Waals surface area contributed by atoms with Gasteiger partial charge in [-0.1, -0.05) is 30.3 Å². The molecule has 0 N–H and O–H groups in total. The summed E-state index contributed by atoms with van der Waals surface area (Å²) in [5.74, 6) is 0.0652. The zero-order chi connectivity index (χ0) is 16.1.